The molecule has 1 aromatic heterocycles. The summed E-state index contributed by atoms with van der Waals surface area (Å²) < 4.78 is 0. The minimum absolute atomic E-state index is 0.220. The topological polar surface area (TPSA) is 70.5 Å². The number of hydrogen-bond donors (Lipinski definition) is 1. The molecule has 21 heavy (non-hydrogen) atoms. The Morgan fingerprint density at radius 3 is 2.86 bits per heavy atom. The van der Waals surface area contributed by atoms with Gasteiger partial charge in [-0.3, -0.25) is 9.79 Å². The number of rotatable bonds is 3. The zero-order valence-electron chi connectivity index (χ0n) is 11.2. The number of benzene rings is 1. The Labute approximate surface area is 121 Å². The van der Waals surface area contributed by atoms with Crippen LogP contribution in [0.3, 0.4) is 0 Å². The number of hydrogen-bond acceptors (Lipinski definition) is 5. The van der Waals surface area contributed by atoms with E-state index in [-0.39, 0.29) is 5.91 Å². The van der Waals surface area contributed by atoms with Crippen molar-refractivity contribution in [1.29, 1.82) is 0 Å². The van der Waals surface area contributed by atoms with Crippen LogP contribution in [0.1, 0.15) is 10.4 Å². The fourth-order valence-corrected chi connectivity index (χ4v) is 2.02. The molecule has 1 aliphatic heterocycles. The molecule has 2 heterocycles. The molecule has 6 heteroatoms. The van der Waals surface area contributed by atoms with E-state index in [2.05, 4.69) is 20.5 Å². The highest BCUT2D eigenvalue weighted by molar-refractivity contribution is 6.08. The quantitative estimate of drug-likeness (QED) is 0.934. The fourth-order valence-electron chi connectivity index (χ4n) is 2.02. The molecule has 1 aromatic carbocycles. The van der Waals surface area contributed by atoms with Gasteiger partial charge in [0.1, 0.15) is 0 Å². The van der Waals surface area contributed by atoms with Crippen molar-refractivity contribution in [2.24, 2.45) is 4.99 Å². The van der Waals surface area contributed by atoms with Crippen molar-refractivity contribution in [3.8, 4) is 0 Å². The summed E-state index contributed by atoms with van der Waals surface area (Å²) in [6.07, 6.45) is 6.88. The third-order valence-corrected chi connectivity index (χ3v) is 2.99. The van der Waals surface area contributed by atoms with Crippen molar-refractivity contribution in [2.75, 3.05) is 16.8 Å². The summed E-state index contributed by atoms with van der Waals surface area (Å²) in [4.78, 5) is 18.4. The number of amides is 1. The molecule has 6 nitrogen and oxygen atoms in total. The molecule has 1 aliphatic rings. The van der Waals surface area contributed by atoms with Crippen LogP contribution in [-0.2, 0) is 0 Å². The minimum atomic E-state index is -0.220. The van der Waals surface area contributed by atoms with Crippen molar-refractivity contribution >= 4 is 23.6 Å². The summed E-state index contributed by atoms with van der Waals surface area (Å²) in [5.41, 5.74) is 1.39. The molecule has 0 bridgehead atoms. The smallest absolute Gasteiger partial charge is 0.258 e. The highest BCUT2D eigenvalue weighted by Crippen LogP contribution is 2.22. The normalized spacial score (nSPS) is 13.2. The molecule has 1 N–H and O–H groups in total. The molecular formula is C15H13N5O. The third-order valence-electron chi connectivity index (χ3n) is 2.99. The Balaban J connectivity index is 1.86. The van der Waals surface area contributed by atoms with Crippen molar-refractivity contribution in [1.82, 2.24) is 10.2 Å². The first-order valence-corrected chi connectivity index (χ1v) is 6.47. The summed E-state index contributed by atoms with van der Waals surface area (Å²) >= 11 is 0. The van der Waals surface area contributed by atoms with E-state index in [0.717, 1.165) is 5.69 Å². The van der Waals surface area contributed by atoms with Gasteiger partial charge in [0.25, 0.3) is 5.91 Å². The van der Waals surface area contributed by atoms with Crippen LogP contribution in [-0.4, -0.2) is 28.9 Å². The first-order chi connectivity index (χ1) is 10.3. The Kier molecular flexibility index (Phi) is 3.68. The molecule has 0 saturated heterocycles. The maximum atomic E-state index is 12.4. The largest absolute Gasteiger partial charge is 0.340 e. The number of anilines is 2. The first kappa shape index (κ1) is 13.0. The maximum Gasteiger partial charge on any atom is 0.258 e. The number of para-hydroxylation sites is 1. The molecule has 0 unspecified atom stereocenters. The number of nitrogens with zero attached hydrogens (tertiary/aromatic N) is 4. The highest BCUT2D eigenvalue weighted by Gasteiger charge is 2.15. The van der Waals surface area contributed by atoms with E-state index in [1.54, 1.807) is 36.8 Å². The average molecular weight is 279 g/mol. The molecule has 2 aromatic rings. The number of aliphatic imine (C=N–C) groups is 1. The summed E-state index contributed by atoms with van der Waals surface area (Å²) in [5.74, 6) is 0.204. The lowest BCUT2D eigenvalue weighted by molar-refractivity contribution is 0.102. The second-order valence-corrected chi connectivity index (χ2v) is 4.36. The Hall–Kier alpha value is -3.02. The SMILES string of the molecule is O=C(Nc1cccnn1)c1ccccc1N1C=CN=CC1. The van der Waals surface area contributed by atoms with Crippen LogP contribution in [0.25, 0.3) is 0 Å². The van der Waals surface area contributed by atoms with Crippen LogP contribution in [0.2, 0.25) is 0 Å². The number of carbonyl (C=O) groups is 1. The van der Waals surface area contributed by atoms with E-state index in [1.165, 1.54) is 0 Å². The summed E-state index contributed by atoms with van der Waals surface area (Å²) in [7, 11) is 0. The van der Waals surface area contributed by atoms with Gasteiger partial charge < -0.3 is 10.2 Å². The molecule has 0 spiro atoms. The third kappa shape index (κ3) is 2.94. The molecule has 0 fully saturated rings. The molecule has 0 radical (unpaired) electrons. The monoisotopic (exact) mass is 279 g/mol. The second-order valence-electron chi connectivity index (χ2n) is 4.36. The van der Waals surface area contributed by atoms with Gasteiger partial charge in [-0.1, -0.05) is 12.1 Å². The number of aromatic nitrogens is 2. The summed E-state index contributed by atoms with van der Waals surface area (Å²) in [6.45, 7) is 0.631. The number of nitrogens with one attached hydrogen (secondary N) is 1. The van der Waals surface area contributed by atoms with Gasteiger partial charge in [0.05, 0.1) is 17.8 Å². The fraction of sp³-hybridized carbons (Fsp3) is 0.0667. The lowest BCUT2D eigenvalue weighted by Crippen LogP contribution is -2.24. The van der Waals surface area contributed by atoms with Gasteiger partial charge >= 0.3 is 0 Å². The van der Waals surface area contributed by atoms with Gasteiger partial charge in [0.2, 0.25) is 0 Å². The second kappa shape index (κ2) is 5.96. The average Bonchev–Trinajstić information content (AvgIpc) is 2.56. The standard InChI is InChI=1S/C15H13N5O/c21-15(18-14-6-3-7-17-19-14)12-4-1-2-5-13(12)20-10-8-16-9-11-20/h1-10H,11H2,(H,18,19,21). The lowest BCUT2D eigenvalue weighted by Gasteiger charge is -2.22. The molecule has 0 aliphatic carbocycles. The molecule has 0 atom stereocenters. The van der Waals surface area contributed by atoms with Gasteiger partial charge in [-0.25, -0.2) is 0 Å². The van der Waals surface area contributed by atoms with Crippen LogP contribution in [0.5, 0.6) is 0 Å². The van der Waals surface area contributed by atoms with E-state index in [4.69, 9.17) is 0 Å². The Morgan fingerprint density at radius 1 is 1.19 bits per heavy atom. The molecule has 3 rings (SSSR count). The van der Waals surface area contributed by atoms with E-state index in [9.17, 15) is 4.79 Å². The van der Waals surface area contributed by atoms with Gasteiger partial charge in [0, 0.05) is 24.8 Å². The van der Waals surface area contributed by atoms with Crippen LogP contribution in [0.15, 0.2) is 60.0 Å². The van der Waals surface area contributed by atoms with Crippen LogP contribution in [0, 0.1) is 0 Å². The predicted molar refractivity (Wildman–Crippen MR) is 81.4 cm³/mol. The molecular weight excluding hydrogens is 266 g/mol. The van der Waals surface area contributed by atoms with Crippen molar-refractivity contribution in [2.45, 2.75) is 0 Å². The van der Waals surface area contributed by atoms with Crippen LogP contribution < -0.4 is 10.2 Å². The van der Waals surface area contributed by atoms with E-state index in [1.807, 2.05) is 29.3 Å². The van der Waals surface area contributed by atoms with Gasteiger partial charge in [0.15, 0.2) is 5.82 Å². The van der Waals surface area contributed by atoms with E-state index >= 15 is 0 Å². The zero-order chi connectivity index (χ0) is 14.5. The van der Waals surface area contributed by atoms with Gasteiger partial charge in [-0.05, 0) is 24.3 Å². The highest BCUT2D eigenvalue weighted by atomic mass is 16.1. The van der Waals surface area contributed by atoms with Crippen molar-refractivity contribution in [3.63, 3.8) is 0 Å². The van der Waals surface area contributed by atoms with Crippen LogP contribution in [0.4, 0.5) is 11.5 Å². The maximum absolute atomic E-state index is 12.4. The van der Waals surface area contributed by atoms with Crippen molar-refractivity contribution in [3.05, 3.63) is 60.6 Å². The zero-order valence-corrected chi connectivity index (χ0v) is 11.2. The Morgan fingerprint density at radius 2 is 2.10 bits per heavy atom. The summed E-state index contributed by atoms with van der Waals surface area (Å²) in [6, 6.07) is 10.8. The minimum Gasteiger partial charge on any atom is -0.340 e. The van der Waals surface area contributed by atoms with Crippen LogP contribution >= 0.6 is 0 Å². The molecule has 104 valence electrons. The van der Waals surface area contributed by atoms with Gasteiger partial charge in [-0.2, -0.15) is 5.10 Å². The lowest BCUT2D eigenvalue weighted by atomic mass is 10.1. The Bertz CT molecular complexity index is 696. The predicted octanol–water partition coefficient (Wildman–Crippen LogP) is 2.09. The first-order valence-electron chi connectivity index (χ1n) is 6.47. The molecule has 1 amide bonds. The molecule has 0 saturated carbocycles. The summed E-state index contributed by atoms with van der Waals surface area (Å²) in [5, 5.41) is 10.3. The van der Waals surface area contributed by atoms with Gasteiger partial charge in [-0.15, -0.1) is 5.10 Å². The van der Waals surface area contributed by atoms with E-state index < -0.39 is 0 Å². The number of carbonyl (C=O) groups excluding carboxylic acids is 1. The van der Waals surface area contributed by atoms with E-state index in [0.29, 0.717) is 17.9 Å². The van der Waals surface area contributed by atoms with Crippen molar-refractivity contribution < 1.29 is 4.79 Å².